The lowest BCUT2D eigenvalue weighted by atomic mass is 9.79. The van der Waals surface area contributed by atoms with E-state index in [4.69, 9.17) is 29.6 Å². The van der Waals surface area contributed by atoms with Gasteiger partial charge in [0.2, 0.25) is 11.8 Å². The van der Waals surface area contributed by atoms with Crippen molar-refractivity contribution >= 4 is 46.5 Å². The number of nitrogen functional groups attached to an aromatic ring is 2. The van der Waals surface area contributed by atoms with Crippen LogP contribution in [0.1, 0.15) is 38.8 Å². The Morgan fingerprint density at radius 1 is 0.604 bits per heavy atom. The van der Waals surface area contributed by atoms with Gasteiger partial charge in [-0.25, -0.2) is 9.97 Å². The molecule has 0 radical (unpaired) electrons. The Bertz CT molecular complexity index is 1910. The summed E-state index contributed by atoms with van der Waals surface area (Å²) in [7, 11) is -0.300. The molecule has 7 rings (SSSR count). The van der Waals surface area contributed by atoms with E-state index in [2.05, 4.69) is 70.7 Å². The van der Waals surface area contributed by atoms with Crippen molar-refractivity contribution in [3.63, 3.8) is 0 Å². The zero-order valence-electron chi connectivity index (χ0n) is 28.0. The number of anilines is 2. The summed E-state index contributed by atoms with van der Waals surface area (Å²) >= 11 is 2.31. The number of nitrogens with two attached hydrogens (primary N) is 2. The molecule has 246 valence electrons. The summed E-state index contributed by atoms with van der Waals surface area (Å²) in [4.78, 5) is 8.27. The molecule has 2 aromatic heterocycles. The Labute approximate surface area is 296 Å². The average Bonchev–Trinajstić information content (AvgIpc) is 3.83. The van der Waals surface area contributed by atoms with Crippen LogP contribution < -0.4 is 16.9 Å². The molecule has 1 saturated heterocycles. The summed E-state index contributed by atoms with van der Waals surface area (Å²) in [5.41, 5.74) is 20.1. The summed E-state index contributed by atoms with van der Waals surface area (Å²) in [5, 5.41) is 0. The number of rotatable bonds is 4. The molecule has 0 aliphatic carbocycles. The molecule has 1 aliphatic rings. The van der Waals surface area contributed by atoms with E-state index < -0.39 is 0 Å². The molecule has 0 atom stereocenters. The molecule has 0 spiro atoms. The maximum Gasteiger partial charge on any atom is 0.494 e. The zero-order valence-corrected chi connectivity index (χ0v) is 30.2. The summed E-state index contributed by atoms with van der Waals surface area (Å²) < 4.78 is 23.6. The van der Waals surface area contributed by atoms with Crippen molar-refractivity contribution in [1.82, 2.24) is 9.97 Å². The van der Waals surface area contributed by atoms with Crippen molar-refractivity contribution in [2.45, 2.75) is 52.7 Å². The fourth-order valence-corrected chi connectivity index (χ4v) is 5.33. The van der Waals surface area contributed by atoms with Crippen LogP contribution in [0.4, 0.5) is 11.4 Å². The summed E-state index contributed by atoms with van der Waals surface area (Å²) in [6.07, 6.45) is 6.47. The zero-order chi connectivity index (χ0) is 34.5. The standard InChI is InChI=1S/C16H14N2O.C12H18BNO2.C10H8INO/c1-11-2-3-13(16-18-8-9-19-16)10-15(11)12-4-6-14(17)7-5-12;1-11(2)12(3,4)16-13(15-11)9-5-7-10(14)8-6-9;1-7-2-3-8(6-9(7)11)10-12-4-5-13-10/h2-10H,17H2,1H3;5-8H,14H2,1-4H3;2-6H,1H3. The van der Waals surface area contributed by atoms with Crippen LogP contribution in [-0.2, 0) is 9.31 Å². The van der Waals surface area contributed by atoms with Crippen LogP contribution in [0.3, 0.4) is 0 Å². The number of nitrogens with zero attached hydrogens (tertiary/aromatic N) is 2. The Hall–Kier alpha value is -4.39. The molecule has 48 heavy (non-hydrogen) atoms. The van der Waals surface area contributed by atoms with Gasteiger partial charge in [-0.05, 0) is 140 Å². The quantitative estimate of drug-likeness (QED) is 0.104. The minimum absolute atomic E-state index is 0.293. The summed E-state index contributed by atoms with van der Waals surface area (Å²) in [6.45, 7) is 12.4. The largest absolute Gasteiger partial charge is 0.494 e. The Morgan fingerprint density at radius 2 is 1.06 bits per heavy atom. The first-order valence-corrected chi connectivity index (χ1v) is 16.6. The van der Waals surface area contributed by atoms with E-state index in [9.17, 15) is 0 Å². The highest BCUT2D eigenvalue weighted by atomic mass is 127. The summed E-state index contributed by atoms with van der Waals surface area (Å²) in [6, 6.07) is 27.8. The first-order valence-electron chi connectivity index (χ1n) is 15.6. The lowest BCUT2D eigenvalue weighted by molar-refractivity contribution is 0.00578. The fraction of sp³-hybridized carbons (Fsp3) is 0.211. The lowest BCUT2D eigenvalue weighted by Crippen LogP contribution is -2.41. The number of aromatic nitrogens is 2. The number of hydrogen-bond donors (Lipinski definition) is 2. The molecule has 0 saturated carbocycles. The van der Waals surface area contributed by atoms with Gasteiger partial charge >= 0.3 is 7.12 Å². The van der Waals surface area contributed by atoms with Gasteiger partial charge in [-0.3, -0.25) is 0 Å². The third-order valence-corrected chi connectivity index (χ3v) is 9.61. The highest BCUT2D eigenvalue weighted by Crippen LogP contribution is 2.36. The number of halogens is 1. The number of aryl methyl sites for hydroxylation is 2. The predicted molar refractivity (Wildman–Crippen MR) is 202 cm³/mol. The molecule has 0 bridgehead atoms. The first-order chi connectivity index (χ1) is 22.8. The van der Waals surface area contributed by atoms with Gasteiger partial charge < -0.3 is 29.6 Å². The van der Waals surface area contributed by atoms with Gasteiger partial charge in [-0.2, -0.15) is 0 Å². The van der Waals surface area contributed by atoms with E-state index in [1.165, 1.54) is 14.7 Å². The lowest BCUT2D eigenvalue weighted by Gasteiger charge is -2.32. The van der Waals surface area contributed by atoms with Crippen molar-refractivity contribution in [1.29, 1.82) is 0 Å². The third-order valence-electron chi connectivity index (χ3n) is 8.45. The number of benzene rings is 4. The molecule has 0 amide bonds. The normalized spacial score (nSPS) is 14.4. The molecule has 1 aliphatic heterocycles. The SMILES string of the molecule is CC1(C)OB(c2ccc(N)cc2)OC1(C)C.Cc1ccc(-c2ncco2)cc1-c1ccc(N)cc1.Cc1ccc(-c2ncco2)cc1I. The Balaban J connectivity index is 0.000000143. The van der Waals surface area contributed by atoms with Gasteiger partial charge in [0.15, 0.2) is 0 Å². The Kier molecular flexibility index (Phi) is 10.8. The van der Waals surface area contributed by atoms with Gasteiger partial charge in [0, 0.05) is 26.1 Å². The smallest absolute Gasteiger partial charge is 0.445 e. The van der Waals surface area contributed by atoms with E-state index in [0.717, 1.165) is 39.1 Å². The molecule has 0 unspecified atom stereocenters. The highest BCUT2D eigenvalue weighted by molar-refractivity contribution is 14.1. The average molecular weight is 754 g/mol. The second-order valence-corrected chi connectivity index (χ2v) is 13.7. The van der Waals surface area contributed by atoms with Crippen LogP contribution in [0.5, 0.6) is 0 Å². The van der Waals surface area contributed by atoms with Gasteiger partial charge in [0.1, 0.15) is 12.5 Å². The van der Waals surface area contributed by atoms with Crippen molar-refractivity contribution in [2.75, 3.05) is 11.5 Å². The van der Waals surface area contributed by atoms with Crippen LogP contribution in [0.25, 0.3) is 34.0 Å². The maximum atomic E-state index is 5.93. The van der Waals surface area contributed by atoms with Crippen molar-refractivity contribution in [3.05, 3.63) is 125 Å². The van der Waals surface area contributed by atoms with Gasteiger partial charge in [-0.15, -0.1) is 0 Å². The minimum atomic E-state index is -0.300. The molecule has 4 aromatic carbocycles. The first kappa shape index (κ1) is 34.9. The molecule has 6 aromatic rings. The molecule has 10 heteroatoms. The van der Waals surface area contributed by atoms with Crippen LogP contribution in [0.15, 0.2) is 119 Å². The van der Waals surface area contributed by atoms with Gasteiger partial charge in [0.25, 0.3) is 0 Å². The molecule has 4 N–H and O–H groups in total. The van der Waals surface area contributed by atoms with Crippen LogP contribution in [-0.4, -0.2) is 28.3 Å². The highest BCUT2D eigenvalue weighted by Gasteiger charge is 2.51. The second-order valence-electron chi connectivity index (χ2n) is 12.5. The molecule has 3 heterocycles. The van der Waals surface area contributed by atoms with Crippen LogP contribution in [0.2, 0.25) is 0 Å². The van der Waals surface area contributed by atoms with Gasteiger partial charge in [-0.1, -0.05) is 36.4 Å². The third kappa shape index (κ3) is 8.36. The molecule has 1 fully saturated rings. The van der Waals surface area contributed by atoms with E-state index in [1.54, 1.807) is 24.9 Å². The van der Waals surface area contributed by atoms with E-state index in [-0.39, 0.29) is 18.3 Å². The topological polar surface area (TPSA) is 123 Å². The second kappa shape index (κ2) is 14.8. The molecule has 8 nitrogen and oxygen atoms in total. The van der Waals surface area contributed by atoms with E-state index in [1.807, 2.05) is 88.4 Å². The number of oxazole rings is 2. The Morgan fingerprint density at radius 3 is 1.54 bits per heavy atom. The van der Waals surface area contributed by atoms with E-state index >= 15 is 0 Å². The van der Waals surface area contributed by atoms with E-state index in [0.29, 0.717) is 11.8 Å². The van der Waals surface area contributed by atoms with Crippen molar-refractivity contribution in [3.8, 4) is 34.0 Å². The minimum Gasteiger partial charge on any atom is -0.445 e. The van der Waals surface area contributed by atoms with Crippen molar-refractivity contribution in [2.24, 2.45) is 0 Å². The maximum absolute atomic E-state index is 5.93. The monoisotopic (exact) mass is 754 g/mol. The van der Waals surface area contributed by atoms with Crippen LogP contribution >= 0.6 is 22.6 Å². The fourth-order valence-electron chi connectivity index (χ4n) is 4.82. The van der Waals surface area contributed by atoms with Crippen molar-refractivity contribution < 1.29 is 18.1 Å². The predicted octanol–water partition coefficient (Wildman–Crippen LogP) is 8.72. The summed E-state index contributed by atoms with van der Waals surface area (Å²) in [5.74, 6) is 1.31. The number of hydrogen-bond acceptors (Lipinski definition) is 8. The van der Waals surface area contributed by atoms with Crippen LogP contribution in [0, 0.1) is 17.4 Å². The molecular formula is C38H40BIN4O4. The van der Waals surface area contributed by atoms with Gasteiger partial charge in [0.05, 0.1) is 23.6 Å². The molecular weight excluding hydrogens is 714 g/mol.